The molecule has 5 heteroatoms. The van der Waals surface area contributed by atoms with Crippen LogP contribution < -0.4 is 5.32 Å². The summed E-state index contributed by atoms with van der Waals surface area (Å²) in [6, 6.07) is 4.57. The quantitative estimate of drug-likeness (QED) is 0.603. The van der Waals surface area contributed by atoms with Gasteiger partial charge in [0.2, 0.25) is 0 Å². The van der Waals surface area contributed by atoms with Gasteiger partial charge in [-0.05, 0) is 31.5 Å². The lowest BCUT2D eigenvalue weighted by Crippen LogP contribution is -2.43. The minimum absolute atomic E-state index is 0.0477. The molecule has 1 unspecified atom stereocenters. The van der Waals surface area contributed by atoms with E-state index >= 15 is 0 Å². The molecule has 1 amide bonds. The summed E-state index contributed by atoms with van der Waals surface area (Å²) in [6.45, 7) is 2.65. The summed E-state index contributed by atoms with van der Waals surface area (Å²) in [5.74, 6) is -0.361. The lowest BCUT2D eigenvalue weighted by atomic mass is 10.1. The molecule has 0 aliphatic heterocycles. The van der Waals surface area contributed by atoms with E-state index < -0.39 is 18.1 Å². The summed E-state index contributed by atoms with van der Waals surface area (Å²) in [5, 5.41) is 30.3. The highest BCUT2D eigenvalue weighted by molar-refractivity contribution is 5.94. The summed E-state index contributed by atoms with van der Waals surface area (Å²) in [4.78, 5) is 11.7. The van der Waals surface area contributed by atoms with Crippen molar-refractivity contribution in [3.63, 3.8) is 0 Å². The van der Waals surface area contributed by atoms with Crippen LogP contribution in [-0.4, -0.2) is 40.0 Å². The molecule has 1 atom stereocenters. The van der Waals surface area contributed by atoms with Crippen molar-refractivity contribution in [1.29, 1.82) is 0 Å². The van der Waals surface area contributed by atoms with Crippen molar-refractivity contribution in [1.82, 2.24) is 5.32 Å². The van der Waals surface area contributed by atoms with E-state index in [2.05, 4.69) is 5.32 Å². The Morgan fingerprint density at radius 3 is 2.65 bits per heavy atom. The van der Waals surface area contributed by atoms with Crippen LogP contribution in [0.25, 0.3) is 0 Å². The van der Waals surface area contributed by atoms with Crippen LogP contribution in [0.15, 0.2) is 18.2 Å². The van der Waals surface area contributed by atoms with E-state index in [1.165, 1.54) is 13.0 Å². The number of hydrogen-bond donors (Lipinski definition) is 4. The first kappa shape index (κ1) is 13.5. The molecule has 0 saturated carbocycles. The number of amides is 1. The van der Waals surface area contributed by atoms with Crippen molar-refractivity contribution in [2.75, 3.05) is 13.2 Å². The predicted molar refractivity (Wildman–Crippen MR) is 62.9 cm³/mol. The molecule has 0 bridgehead atoms. The molecule has 0 radical (unpaired) electrons. The number of aliphatic hydroxyl groups is 2. The molecular formula is C12H17NO4. The van der Waals surface area contributed by atoms with E-state index in [-0.39, 0.29) is 12.3 Å². The molecule has 0 spiro atoms. The van der Waals surface area contributed by atoms with Gasteiger partial charge in [-0.1, -0.05) is 6.07 Å². The molecule has 0 fully saturated rings. The van der Waals surface area contributed by atoms with Crippen LogP contribution >= 0.6 is 0 Å². The van der Waals surface area contributed by atoms with Crippen molar-refractivity contribution < 1.29 is 20.1 Å². The third-order valence-electron chi connectivity index (χ3n) is 2.44. The fourth-order valence-electron chi connectivity index (χ4n) is 1.18. The van der Waals surface area contributed by atoms with E-state index in [1.54, 1.807) is 19.1 Å². The number of benzene rings is 1. The van der Waals surface area contributed by atoms with Crippen molar-refractivity contribution in [2.45, 2.75) is 19.4 Å². The van der Waals surface area contributed by atoms with Crippen LogP contribution in [0, 0.1) is 6.92 Å². The summed E-state index contributed by atoms with van der Waals surface area (Å²) >= 11 is 0. The number of phenolic OH excluding ortho intramolecular Hbond substituents is 1. The van der Waals surface area contributed by atoms with Gasteiger partial charge in [0.1, 0.15) is 11.4 Å². The maximum absolute atomic E-state index is 11.7. The fraction of sp³-hybridized carbons (Fsp3) is 0.417. The van der Waals surface area contributed by atoms with Gasteiger partial charge in [0.05, 0.1) is 6.61 Å². The Balaban J connectivity index is 2.68. The number of nitrogens with one attached hydrogen (secondary N) is 1. The predicted octanol–water partition coefficient (Wildman–Crippen LogP) is 0.174. The van der Waals surface area contributed by atoms with Crippen LogP contribution in [-0.2, 0) is 0 Å². The average molecular weight is 239 g/mol. The van der Waals surface area contributed by atoms with Gasteiger partial charge in [-0.2, -0.15) is 0 Å². The largest absolute Gasteiger partial charge is 0.508 e. The number of carbonyl (C=O) groups is 1. The summed E-state index contributed by atoms with van der Waals surface area (Å²) in [5.41, 5.74) is -0.353. The van der Waals surface area contributed by atoms with Crippen LogP contribution in [0.1, 0.15) is 22.8 Å². The monoisotopic (exact) mass is 239 g/mol. The third kappa shape index (κ3) is 3.72. The molecule has 0 saturated heterocycles. The molecule has 0 heterocycles. The maximum atomic E-state index is 11.7. The normalized spacial score (nSPS) is 14.1. The van der Waals surface area contributed by atoms with Gasteiger partial charge in [-0.15, -0.1) is 0 Å². The average Bonchev–Trinajstić information content (AvgIpc) is 2.30. The second kappa shape index (κ2) is 5.16. The number of carbonyl (C=O) groups excluding carboxylic acids is 1. The second-order valence-electron chi connectivity index (χ2n) is 4.34. The highest BCUT2D eigenvalue weighted by atomic mass is 16.3. The Bertz CT molecular complexity index is 415. The molecule has 0 aromatic heterocycles. The molecule has 0 aliphatic rings. The first-order valence-electron chi connectivity index (χ1n) is 5.27. The first-order valence-corrected chi connectivity index (χ1v) is 5.27. The van der Waals surface area contributed by atoms with E-state index in [0.717, 1.165) is 0 Å². The van der Waals surface area contributed by atoms with Crippen LogP contribution in [0.4, 0.5) is 0 Å². The van der Waals surface area contributed by atoms with Crippen LogP contribution in [0.5, 0.6) is 5.75 Å². The zero-order chi connectivity index (χ0) is 13.1. The minimum atomic E-state index is -1.34. The second-order valence-corrected chi connectivity index (χ2v) is 4.34. The zero-order valence-electron chi connectivity index (χ0n) is 9.90. The molecule has 1 rings (SSSR count). The van der Waals surface area contributed by atoms with Crippen molar-refractivity contribution in [3.8, 4) is 5.75 Å². The molecule has 17 heavy (non-hydrogen) atoms. The molecule has 0 aliphatic carbocycles. The number of phenols is 1. The summed E-state index contributed by atoms with van der Waals surface area (Å²) in [6.07, 6.45) is 0. The highest BCUT2D eigenvalue weighted by Gasteiger charge is 2.20. The minimum Gasteiger partial charge on any atom is -0.508 e. The van der Waals surface area contributed by atoms with Crippen LogP contribution in [0.2, 0.25) is 0 Å². The maximum Gasteiger partial charge on any atom is 0.251 e. The lowest BCUT2D eigenvalue weighted by molar-refractivity contribution is 0.00320. The number of aryl methyl sites for hydroxylation is 1. The van der Waals surface area contributed by atoms with E-state index in [1.807, 2.05) is 0 Å². The van der Waals surface area contributed by atoms with E-state index in [9.17, 15) is 15.0 Å². The Morgan fingerprint density at radius 2 is 2.12 bits per heavy atom. The summed E-state index contributed by atoms with van der Waals surface area (Å²) in [7, 11) is 0. The first-order chi connectivity index (χ1) is 7.85. The highest BCUT2D eigenvalue weighted by Crippen LogP contribution is 2.17. The Morgan fingerprint density at radius 1 is 1.47 bits per heavy atom. The molecule has 5 nitrogen and oxygen atoms in total. The van der Waals surface area contributed by atoms with Gasteiger partial charge in [0.15, 0.2) is 0 Å². The fourth-order valence-corrected chi connectivity index (χ4v) is 1.18. The Labute approximate surface area is 99.7 Å². The van der Waals surface area contributed by atoms with Gasteiger partial charge in [-0.3, -0.25) is 4.79 Å². The molecule has 4 N–H and O–H groups in total. The lowest BCUT2D eigenvalue weighted by Gasteiger charge is -2.20. The number of aromatic hydroxyl groups is 1. The number of hydrogen-bond acceptors (Lipinski definition) is 4. The smallest absolute Gasteiger partial charge is 0.251 e. The van der Waals surface area contributed by atoms with Gasteiger partial charge in [0, 0.05) is 12.1 Å². The zero-order valence-corrected chi connectivity index (χ0v) is 9.90. The van der Waals surface area contributed by atoms with E-state index in [4.69, 9.17) is 5.11 Å². The van der Waals surface area contributed by atoms with Crippen molar-refractivity contribution in [3.05, 3.63) is 29.3 Å². The molecular weight excluding hydrogens is 222 g/mol. The van der Waals surface area contributed by atoms with Gasteiger partial charge >= 0.3 is 0 Å². The SMILES string of the molecule is Cc1ccc(C(=O)NCC(C)(O)CO)cc1O. The Kier molecular flexibility index (Phi) is 4.09. The third-order valence-corrected chi connectivity index (χ3v) is 2.44. The molecule has 94 valence electrons. The number of rotatable bonds is 4. The number of aliphatic hydroxyl groups excluding tert-OH is 1. The van der Waals surface area contributed by atoms with Crippen molar-refractivity contribution >= 4 is 5.91 Å². The topological polar surface area (TPSA) is 89.8 Å². The summed E-state index contributed by atoms with van der Waals surface area (Å²) < 4.78 is 0. The van der Waals surface area contributed by atoms with Crippen molar-refractivity contribution in [2.24, 2.45) is 0 Å². The molecule has 1 aromatic carbocycles. The van der Waals surface area contributed by atoms with Gasteiger partial charge < -0.3 is 20.6 Å². The standard InChI is InChI=1S/C12H17NO4/c1-8-3-4-9(5-10(8)15)11(16)13-6-12(2,17)7-14/h3-5,14-15,17H,6-7H2,1-2H3,(H,13,16). The van der Waals surface area contributed by atoms with Gasteiger partial charge in [-0.25, -0.2) is 0 Å². The van der Waals surface area contributed by atoms with E-state index in [0.29, 0.717) is 11.1 Å². The van der Waals surface area contributed by atoms with Gasteiger partial charge in [0.25, 0.3) is 5.91 Å². The van der Waals surface area contributed by atoms with Crippen LogP contribution in [0.3, 0.4) is 0 Å². The molecule has 1 aromatic rings. The Hall–Kier alpha value is -1.59.